The third-order valence-corrected chi connectivity index (χ3v) is 3.07. The van der Waals surface area contributed by atoms with Gasteiger partial charge in [0.05, 0.1) is 5.54 Å². The summed E-state index contributed by atoms with van der Waals surface area (Å²) in [6.07, 6.45) is 0. The number of anilines is 3. The third-order valence-electron chi connectivity index (χ3n) is 3.07. The van der Waals surface area contributed by atoms with Crippen molar-refractivity contribution in [2.75, 3.05) is 29.0 Å². The molecule has 8 nitrogen and oxygen atoms in total. The second kappa shape index (κ2) is 3.98. The highest BCUT2D eigenvalue weighted by atomic mass is 16.2. The van der Waals surface area contributed by atoms with Crippen LogP contribution < -0.4 is 27.2 Å². The molecule has 0 bridgehead atoms. The third kappa shape index (κ3) is 1.70. The quantitative estimate of drug-likeness (QED) is 0.499. The first-order chi connectivity index (χ1) is 8.39. The number of nitrogens with two attached hydrogens (primary N) is 2. The number of fused-ring (bicyclic) bond motifs is 1. The number of hydrogen-bond acceptors (Lipinski definition) is 6. The number of nitrogens with zero attached hydrogens (tertiary/aromatic N) is 2. The SMILES string of the molecule is CC(=O)N1c2c(nc(N)[nH]c2=O)NCC1(C)CN. The van der Waals surface area contributed by atoms with Crippen LogP contribution in [0.5, 0.6) is 0 Å². The van der Waals surface area contributed by atoms with E-state index in [4.69, 9.17) is 11.5 Å². The van der Waals surface area contributed by atoms with E-state index in [9.17, 15) is 9.59 Å². The molecule has 2 heterocycles. The smallest absolute Gasteiger partial charge is 0.278 e. The number of rotatable bonds is 1. The number of nitrogens with one attached hydrogen (secondary N) is 2. The average molecular weight is 252 g/mol. The van der Waals surface area contributed by atoms with Gasteiger partial charge in [0.2, 0.25) is 11.9 Å². The van der Waals surface area contributed by atoms with Crippen molar-refractivity contribution in [2.45, 2.75) is 19.4 Å². The van der Waals surface area contributed by atoms with Crippen molar-refractivity contribution in [3.05, 3.63) is 10.4 Å². The fourth-order valence-electron chi connectivity index (χ4n) is 2.14. The second-order valence-electron chi connectivity index (χ2n) is 4.56. The molecule has 0 saturated heterocycles. The molecule has 18 heavy (non-hydrogen) atoms. The first-order valence-electron chi connectivity index (χ1n) is 5.53. The molecule has 0 saturated carbocycles. The molecule has 1 amide bonds. The van der Waals surface area contributed by atoms with Crippen molar-refractivity contribution in [1.29, 1.82) is 0 Å². The lowest BCUT2D eigenvalue weighted by Crippen LogP contribution is -2.62. The Morgan fingerprint density at radius 3 is 2.83 bits per heavy atom. The number of carbonyl (C=O) groups excluding carboxylic acids is 1. The molecule has 1 unspecified atom stereocenters. The summed E-state index contributed by atoms with van der Waals surface area (Å²) >= 11 is 0. The van der Waals surface area contributed by atoms with Gasteiger partial charge in [-0.3, -0.25) is 19.5 Å². The van der Waals surface area contributed by atoms with Gasteiger partial charge in [0.15, 0.2) is 11.5 Å². The summed E-state index contributed by atoms with van der Waals surface area (Å²) in [4.78, 5) is 31.5. The molecular weight excluding hydrogens is 236 g/mol. The summed E-state index contributed by atoms with van der Waals surface area (Å²) in [5, 5.41) is 2.99. The van der Waals surface area contributed by atoms with Crippen LogP contribution in [0.25, 0.3) is 0 Å². The van der Waals surface area contributed by atoms with Crippen LogP contribution in [0.4, 0.5) is 17.5 Å². The number of nitrogen functional groups attached to an aromatic ring is 1. The maximum atomic E-state index is 12.0. The van der Waals surface area contributed by atoms with Gasteiger partial charge in [0.1, 0.15) is 0 Å². The van der Waals surface area contributed by atoms with Gasteiger partial charge in [-0.15, -0.1) is 0 Å². The lowest BCUT2D eigenvalue weighted by Gasteiger charge is -2.43. The number of H-pyrrole nitrogens is 1. The van der Waals surface area contributed by atoms with Crippen LogP contribution >= 0.6 is 0 Å². The zero-order valence-electron chi connectivity index (χ0n) is 10.3. The van der Waals surface area contributed by atoms with E-state index in [1.165, 1.54) is 11.8 Å². The molecular formula is C10H16N6O2. The average Bonchev–Trinajstić information content (AvgIpc) is 2.29. The Kier molecular flexibility index (Phi) is 2.74. The molecule has 1 aliphatic rings. The molecule has 0 spiro atoms. The maximum Gasteiger partial charge on any atom is 0.278 e. The van der Waals surface area contributed by atoms with Crippen molar-refractivity contribution in [3.8, 4) is 0 Å². The van der Waals surface area contributed by atoms with Gasteiger partial charge in [0.25, 0.3) is 5.56 Å². The van der Waals surface area contributed by atoms with E-state index in [0.717, 1.165) is 0 Å². The number of amides is 1. The lowest BCUT2D eigenvalue weighted by molar-refractivity contribution is -0.117. The molecule has 0 fully saturated rings. The van der Waals surface area contributed by atoms with Gasteiger partial charge in [0, 0.05) is 20.0 Å². The first-order valence-corrected chi connectivity index (χ1v) is 5.53. The minimum absolute atomic E-state index is 0.00565. The number of aromatic nitrogens is 2. The topological polar surface area (TPSA) is 130 Å². The zero-order valence-corrected chi connectivity index (χ0v) is 10.3. The standard InChI is InChI=1S/C10H16N6O2/c1-5(17)16-6-7(13-4-10(16,2)3-11)14-9(12)15-8(6)18/h3-4,11H2,1-2H3,(H4,12,13,14,15,18). The van der Waals surface area contributed by atoms with Crippen molar-refractivity contribution in [3.63, 3.8) is 0 Å². The minimum atomic E-state index is -0.663. The van der Waals surface area contributed by atoms with Crippen LogP contribution in [0.3, 0.4) is 0 Å². The summed E-state index contributed by atoms with van der Waals surface area (Å²) < 4.78 is 0. The van der Waals surface area contributed by atoms with Crippen LogP contribution in [-0.4, -0.2) is 34.5 Å². The van der Waals surface area contributed by atoms with Crippen LogP contribution in [0, 0.1) is 0 Å². The molecule has 0 aliphatic carbocycles. The fraction of sp³-hybridized carbons (Fsp3) is 0.500. The van der Waals surface area contributed by atoms with Gasteiger partial charge in [-0.25, -0.2) is 0 Å². The molecule has 1 aromatic heterocycles. The van der Waals surface area contributed by atoms with Crippen molar-refractivity contribution < 1.29 is 4.79 Å². The zero-order chi connectivity index (χ0) is 13.5. The molecule has 1 aliphatic heterocycles. The van der Waals surface area contributed by atoms with E-state index in [0.29, 0.717) is 12.4 Å². The second-order valence-corrected chi connectivity index (χ2v) is 4.56. The highest BCUT2D eigenvalue weighted by Crippen LogP contribution is 2.31. The molecule has 98 valence electrons. The highest BCUT2D eigenvalue weighted by molar-refractivity contribution is 5.97. The molecule has 1 atom stereocenters. The van der Waals surface area contributed by atoms with E-state index >= 15 is 0 Å². The van der Waals surface area contributed by atoms with Gasteiger partial charge < -0.3 is 16.8 Å². The Morgan fingerprint density at radius 2 is 2.28 bits per heavy atom. The van der Waals surface area contributed by atoms with Crippen LogP contribution in [-0.2, 0) is 4.79 Å². The summed E-state index contributed by atoms with van der Waals surface area (Å²) in [5.74, 6) is 0.0475. The Bertz CT molecular complexity index is 554. The summed E-state index contributed by atoms with van der Waals surface area (Å²) in [6, 6.07) is 0. The van der Waals surface area contributed by atoms with E-state index in [2.05, 4.69) is 15.3 Å². The highest BCUT2D eigenvalue weighted by Gasteiger charge is 2.40. The predicted octanol–water partition coefficient (Wildman–Crippen LogP) is -1.15. The van der Waals surface area contributed by atoms with Crippen LogP contribution in [0.15, 0.2) is 4.79 Å². The van der Waals surface area contributed by atoms with Crippen LogP contribution in [0.1, 0.15) is 13.8 Å². The van der Waals surface area contributed by atoms with Crippen LogP contribution in [0.2, 0.25) is 0 Å². The fourth-order valence-corrected chi connectivity index (χ4v) is 2.14. The molecule has 6 N–H and O–H groups in total. The molecule has 8 heteroatoms. The molecule has 0 aromatic carbocycles. The predicted molar refractivity (Wildman–Crippen MR) is 68.4 cm³/mol. The summed E-state index contributed by atoms with van der Waals surface area (Å²) in [5.41, 5.74) is 10.2. The summed E-state index contributed by atoms with van der Waals surface area (Å²) in [6.45, 7) is 3.83. The largest absolute Gasteiger partial charge is 0.369 e. The molecule has 0 radical (unpaired) electrons. The number of aromatic amines is 1. The summed E-state index contributed by atoms with van der Waals surface area (Å²) in [7, 11) is 0. The van der Waals surface area contributed by atoms with E-state index in [1.54, 1.807) is 6.92 Å². The van der Waals surface area contributed by atoms with Gasteiger partial charge in [-0.2, -0.15) is 4.98 Å². The Balaban J connectivity index is 2.67. The minimum Gasteiger partial charge on any atom is -0.369 e. The van der Waals surface area contributed by atoms with Gasteiger partial charge in [-0.1, -0.05) is 0 Å². The molecule has 2 rings (SSSR count). The Morgan fingerprint density at radius 1 is 1.61 bits per heavy atom. The Hall–Kier alpha value is -2.09. The lowest BCUT2D eigenvalue weighted by atomic mass is 9.96. The number of hydrogen-bond donors (Lipinski definition) is 4. The Labute approximate surface area is 103 Å². The van der Waals surface area contributed by atoms with Gasteiger partial charge >= 0.3 is 0 Å². The first kappa shape index (κ1) is 12.4. The van der Waals surface area contributed by atoms with Crippen molar-refractivity contribution in [1.82, 2.24) is 9.97 Å². The normalized spacial score (nSPS) is 22.3. The maximum absolute atomic E-state index is 12.0. The number of carbonyl (C=O) groups is 1. The van der Waals surface area contributed by atoms with E-state index in [1.807, 2.05) is 0 Å². The molecule has 1 aromatic rings. The van der Waals surface area contributed by atoms with E-state index in [-0.39, 0.29) is 24.1 Å². The van der Waals surface area contributed by atoms with E-state index < -0.39 is 11.1 Å². The monoisotopic (exact) mass is 252 g/mol. The van der Waals surface area contributed by atoms with Crippen molar-refractivity contribution >= 4 is 23.4 Å². The van der Waals surface area contributed by atoms with Gasteiger partial charge in [-0.05, 0) is 6.92 Å². The van der Waals surface area contributed by atoms with Crippen molar-refractivity contribution in [2.24, 2.45) is 5.73 Å².